The molecule has 1 saturated heterocycles. The van der Waals surface area contributed by atoms with E-state index in [-0.39, 0.29) is 12.5 Å². The molecule has 0 radical (unpaired) electrons. The van der Waals surface area contributed by atoms with Crippen LogP contribution < -0.4 is 5.32 Å². The monoisotopic (exact) mass is 1010 g/mol. The number of ether oxygens (including phenoxy) is 2. The first-order valence-electron chi connectivity index (χ1n) is 31.4. The first kappa shape index (κ1) is 67.9. The molecule has 7 atom stereocenters. The Morgan fingerprint density at radius 2 is 0.775 bits per heavy atom. The standard InChI is InChI=1S/C62H121NO8/c1-3-5-7-9-11-13-15-17-19-20-21-22-23-24-25-26-27-28-29-30-31-32-33-34-35-36-38-40-42-44-46-48-50-52-58(66)63-55(54-70-62-61(69)60(68)59(67)57(53-64)71-62)56(65)51-49-47-45-43-41-39-37-18-16-14-12-10-8-6-4-2/h49,51,55-57,59-62,64-65,67-69H,3-48,50,52-54H2,1-2H3,(H,63,66)/b51-49+. The summed E-state index contributed by atoms with van der Waals surface area (Å²) in [6.07, 6.45) is 58.8. The quantitative estimate of drug-likeness (QED) is 0.0261. The van der Waals surface area contributed by atoms with Crippen molar-refractivity contribution in [3.8, 4) is 0 Å². The van der Waals surface area contributed by atoms with Gasteiger partial charge in [-0.1, -0.05) is 309 Å². The van der Waals surface area contributed by atoms with Gasteiger partial charge in [0, 0.05) is 6.42 Å². The number of allylic oxidation sites excluding steroid dienone is 1. The highest BCUT2D eigenvalue weighted by atomic mass is 16.7. The fourth-order valence-electron chi connectivity index (χ4n) is 10.4. The Bertz CT molecular complexity index is 1120. The average Bonchev–Trinajstić information content (AvgIpc) is 3.37. The Morgan fingerprint density at radius 3 is 1.10 bits per heavy atom. The lowest BCUT2D eigenvalue weighted by atomic mass is 9.99. The first-order chi connectivity index (χ1) is 34.8. The van der Waals surface area contributed by atoms with Crippen molar-refractivity contribution in [1.29, 1.82) is 0 Å². The average molecular weight is 1010 g/mol. The van der Waals surface area contributed by atoms with E-state index in [1.54, 1.807) is 6.08 Å². The molecule has 1 aliphatic rings. The van der Waals surface area contributed by atoms with Gasteiger partial charge in [-0.2, -0.15) is 0 Å². The highest BCUT2D eigenvalue weighted by Gasteiger charge is 2.44. The molecule has 0 aromatic heterocycles. The maximum absolute atomic E-state index is 13.1. The van der Waals surface area contributed by atoms with E-state index in [0.717, 1.165) is 38.5 Å². The normalized spacial score (nSPS) is 19.2. The molecule has 6 N–H and O–H groups in total. The van der Waals surface area contributed by atoms with Crippen LogP contribution in [0.2, 0.25) is 0 Å². The molecule has 9 nitrogen and oxygen atoms in total. The molecule has 0 aliphatic carbocycles. The maximum Gasteiger partial charge on any atom is 0.220 e. The predicted molar refractivity (Wildman–Crippen MR) is 300 cm³/mol. The molecule has 0 bridgehead atoms. The molecule has 1 fully saturated rings. The fourth-order valence-corrected chi connectivity index (χ4v) is 10.4. The van der Waals surface area contributed by atoms with Gasteiger partial charge in [0.05, 0.1) is 25.4 Å². The maximum atomic E-state index is 13.1. The Morgan fingerprint density at radius 1 is 0.465 bits per heavy atom. The molecule has 422 valence electrons. The van der Waals surface area contributed by atoms with Gasteiger partial charge < -0.3 is 40.3 Å². The van der Waals surface area contributed by atoms with Gasteiger partial charge in [0.1, 0.15) is 24.4 Å². The third-order valence-electron chi connectivity index (χ3n) is 15.4. The molecule has 1 rings (SSSR count). The van der Waals surface area contributed by atoms with Crippen LogP contribution in [0.3, 0.4) is 0 Å². The first-order valence-corrected chi connectivity index (χ1v) is 31.4. The fraction of sp³-hybridized carbons (Fsp3) is 0.952. The van der Waals surface area contributed by atoms with Crippen molar-refractivity contribution in [2.75, 3.05) is 13.2 Å². The summed E-state index contributed by atoms with van der Waals surface area (Å²) in [6, 6.07) is -0.800. The molecule has 0 spiro atoms. The van der Waals surface area contributed by atoms with Gasteiger partial charge in [-0.25, -0.2) is 0 Å². The molecule has 1 amide bonds. The van der Waals surface area contributed by atoms with Crippen molar-refractivity contribution < 1.29 is 39.8 Å². The van der Waals surface area contributed by atoms with Crippen LogP contribution in [0, 0.1) is 0 Å². The van der Waals surface area contributed by atoms with Gasteiger partial charge in [-0.05, 0) is 19.3 Å². The van der Waals surface area contributed by atoms with E-state index in [1.807, 2.05) is 6.08 Å². The van der Waals surface area contributed by atoms with Gasteiger partial charge in [0.2, 0.25) is 5.91 Å². The molecule has 9 heteroatoms. The SMILES string of the molecule is CCCCCCCCCCCCCCC/C=C/C(O)C(COC1OC(CO)C(O)C(O)C1O)NC(=O)CCCCCCCCCCCCCCCCCCCCCCCCCCCCCCCCCCC. The number of rotatable bonds is 55. The van der Waals surface area contributed by atoms with Crippen molar-refractivity contribution in [1.82, 2.24) is 5.32 Å². The molecule has 71 heavy (non-hydrogen) atoms. The summed E-state index contributed by atoms with van der Waals surface area (Å²) in [5.41, 5.74) is 0. The van der Waals surface area contributed by atoms with Crippen LogP contribution in [0.5, 0.6) is 0 Å². The lowest BCUT2D eigenvalue weighted by Gasteiger charge is -2.40. The second-order valence-electron chi connectivity index (χ2n) is 22.2. The van der Waals surface area contributed by atoms with E-state index in [2.05, 4.69) is 19.2 Å². The third kappa shape index (κ3) is 41.8. The van der Waals surface area contributed by atoms with Gasteiger partial charge in [0.25, 0.3) is 0 Å². The van der Waals surface area contributed by atoms with E-state index in [0.29, 0.717) is 6.42 Å². The summed E-state index contributed by atoms with van der Waals surface area (Å²) in [7, 11) is 0. The summed E-state index contributed by atoms with van der Waals surface area (Å²) in [5.74, 6) is -0.169. The highest BCUT2D eigenvalue weighted by molar-refractivity contribution is 5.76. The predicted octanol–water partition coefficient (Wildman–Crippen LogP) is 16.0. The summed E-state index contributed by atoms with van der Waals surface area (Å²) in [5, 5.41) is 54.5. The largest absolute Gasteiger partial charge is 0.394 e. The number of hydrogen-bond donors (Lipinski definition) is 6. The molecule has 7 unspecified atom stereocenters. The molecule has 1 aliphatic heterocycles. The minimum absolute atomic E-state index is 0.169. The molecule has 1 heterocycles. The van der Waals surface area contributed by atoms with Crippen LogP contribution in [0.25, 0.3) is 0 Å². The van der Waals surface area contributed by atoms with Crippen LogP contribution in [0.4, 0.5) is 0 Å². The molecule has 0 aromatic carbocycles. The molecule has 0 aromatic rings. The molecule has 0 saturated carbocycles. The van der Waals surface area contributed by atoms with Gasteiger partial charge in [-0.3, -0.25) is 4.79 Å². The molecular formula is C62H121NO8. The second kappa shape index (κ2) is 52.4. The van der Waals surface area contributed by atoms with Crippen LogP contribution >= 0.6 is 0 Å². The minimum Gasteiger partial charge on any atom is -0.394 e. The topological polar surface area (TPSA) is 149 Å². The second-order valence-corrected chi connectivity index (χ2v) is 22.2. The van der Waals surface area contributed by atoms with Crippen molar-refractivity contribution in [3.63, 3.8) is 0 Å². The van der Waals surface area contributed by atoms with E-state index < -0.39 is 49.5 Å². The van der Waals surface area contributed by atoms with Crippen LogP contribution in [-0.2, 0) is 14.3 Å². The zero-order valence-corrected chi connectivity index (χ0v) is 47.0. The van der Waals surface area contributed by atoms with Crippen molar-refractivity contribution in [2.45, 2.75) is 365 Å². The van der Waals surface area contributed by atoms with Gasteiger partial charge in [0.15, 0.2) is 6.29 Å². The summed E-state index contributed by atoms with van der Waals surface area (Å²) < 4.78 is 11.3. The lowest BCUT2D eigenvalue weighted by molar-refractivity contribution is -0.302. The van der Waals surface area contributed by atoms with E-state index >= 15 is 0 Å². The number of amides is 1. The van der Waals surface area contributed by atoms with Crippen LogP contribution in [0.15, 0.2) is 12.2 Å². The zero-order valence-electron chi connectivity index (χ0n) is 47.0. The number of unbranched alkanes of at least 4 members (excludes halogenated alkanes) is 45. The van der Waals surface area contributed by atoms with Crippen LogP contribution in [-0.4, -0.2) is 87.5 Å². The number of hydrogen-bond acceptors (Lipinski definition) is 8. The number of carbonyl (C=O) groups is 1. The van der Waals surface area contributed by atoms with Crippen molar-refractivity contribution in [3.05, 3.63) is 12.2 Å². The van der Waals surface area contributed by atoms with E-state index in [4.69, 9.17) is 9.47 Å². The van der Waals surface area contributed by atoms with Crippen molar-refractivity contribution in [2.24, 2.45) is 0 Å². The Kier molecular flexibility index (Phi) is 50.1. The minimum atomic E-state index is -1.56. The third-order valence-corrected chi connectivity index (χ3v) is 15.4. The van der Waals surface area contributed by atoms with E-state index in [1.165, 1.54) is 263 Å². The smallest absolute Gasteiger partial charge is 0.220 e. The Hall–Kier alpha value is -1.07. The summed E-state index contributed by atoms with van der Waals surface area (Å²) >= 11 is 0. The number of aliphatic hydroxyl groups is 5. The van der Waals surface area contributed by atoms with Gasteiger partial charge >= 0.3 is 0 Å². The number of carbonyl (C=O) groups excluding carboxylic acids is 1. The number of aliphatic hydroxyl groups excluding tert-OH is 5. The molecular weight excluding hydrogens is 887 g/mol. The zero-order chi connectivity index (χ0) is 51.5. The van der Waals surface area contributed by atoms with Crippen molar-refractivity contribution >= 4 is 5.91 Å². The highest BCUT2D eigenvalue weighted by Crippen LogP contribution is 2.23. The van der Waals surface area contributed by atoms with Crippen LogP contribution in [0.1, 0.15) is 322 Å². The lowest BCUT2D eigenvalue weighted by Crippen LogP contribution is -2.60. The Balaban J connectivity index is 2.09. The Labute approximate surface area is 439 Å². The summed E-state index contributed by atoms with van der Waals surface area (Å²) in [4.78, 5) is 13.1. The van der Waals surface area contributed by atoms with E-state index in [9.17, 15) is 30.3 Å². The van der Waals surface area contributed by atoms with Gasteiger partial charge in [-0.15, -0.1) is 0 Å². The summed E-state index contributed by atoms with van der Waals surface area (Å²) in [6.45, 7) is 3.82. The number of nitrogens with one attached hydrogen (secondary N) is 1.